The molecule has 1 atom stereocenters. The van der Waals surface area contributed by atoms with E-state index in [2.05, 4.69) is 17.2 Å². The van der Waals surface area contributed by atoms with Crippen LogP contribution in [0.15, 0.2) is 10.7 Å². The van der Waals surface area contributed by atoms with Crippen LogP contribution in [0.1, 0.15) is 24.6 Å². The first-order valence-corrected chi connectivity index (χ1v) is 4.65. The molecule has 0 spiro atoms. The summed E-state index contributed by atoms with van der Waals surface area (Å²) in [6, 6.07) is 0.133. The highest BCUT2D eigenvalue weighted by Crippen LogP contribution is 2.15. The standard InChI is InChI=1S/C9H14N2O2/c1-2-7-5-13-9(11-7)8-6-12-4-3-10-8/h5,8,10H,2-4,6H2,1H3. The van der Waals surface area contributed by atoms with Gasteiger partial charge in [-0.3, -0.25) is 0 Å². The van der Waals surface area contributed by atoms with Gasteiger partial charge in [-0.1, -0.05) is 6.92 Å². The van der Waals surface area contributed by atoms with Crippen LogP contribution in [-0.4, -0.2) is 24.7 Å². The van der Waals surface area contributed by atoms with E-state index in [0.717, 1.165) is 31.2 Å². The Balaban J connectivity index is 2.05. The van der Waals surface area contributed by atoms with E-state index in [1.165, 1.54) is 0 Å². The van der Waals surface area contributed by atoms with Crippen molar-refractivity contribution in [1.82, 2.24) is 10.3 Å². The Morgan fingerprint density at radius 2 is 2.62 bits per heavy atom. The van der Waals surface area contributed by atoms with Gasteiger partial charge in [0, 0.05) is 6.54 Å². The number of aryl methyl sites for hydroxylation is 1. The van der Waals surface area contributed by atoms with Crippen molar-refractivity contribution in [3.05, 3.63) is 17.8 Å². The molecule has 0 bridgehead atoms. The second kappa shape index (κ2) is 3.89. The summed E-state index contributed by atoms with van der Waals surface area (Å²) in [4.78, 5) is 4.34. The minimum atomic E-state index is 0.133. The lowest BCUT2D eigenvalue weighted by atomic mass is 10.3. The van der Waals surface area contributed by atoms with Crippen molar-refractivity contribution in [1.29, 1.82) is 0 Å². The van der Waals surface area contributed by atoms with Crippen LogP contribution < -0.4 is 5.32 Å². The van der Waals surface area contributed by atoms with E-state index in [4.69, 9.17) is 9.15 Å². The summed E-state index contributed by atoms with van der Waals surface area (Å²) in [5.74, 6) is 0.747. The number of aromatic nitrogens is 1. The number of oxazole rings is 1. The van der Waals surface area contributed by atoms with Gasteiger partial charge < -0.3 is 14.5 Å². The van der Waals surface area contributed by atoms with Crippen LogP contribution in [0.5, 0.6) is 0 Å². The molecule has 2 heterocycles. The zero-order valence-electron chi connectivity index (χ0n) is 7.75. The lowest BCUT2D eigenvalue weighted by molar-refractivity contribution is 0.0681. The van der Waals surface area contributed by atoms with Crippen LogP contribution in [-0.2, 0) is 11.2 Å². The van der Waals surface area contributed by atoms with Gasteiger partial charge in [-0.25, -0.2) is 4.98 Å². The smallest absolute Gasteiger partial charge is 0.213 e. The van der Waals surface area contributed by atoms with E-state index >= 15 is 0 Å². The molecule has 1 aromatic heterocycles. The largest absolute Gasteiger partial charge is 0.447 e. The first-order valence-electron chi connectivity index (χ1n) is 4.65. The van der Waals surface area contributed by atoms with Crippen molar-refractivity contribution in [3.8, 4) is 0 Å². The molecule has 0 amide bonds. The number of hydrogen-bond acceptors (Lipinski definition) is 4. The Morgan fingerprint density at radius 3 is 3.23 bits per heavy atom. The molecule has 4 heteroatoms. The minimum Gasteiger partial charge on any atom is -0.447 e. The monoisotopic (exact) mass is 182 g/mol. The molecule has 0 aromatic carbocycles. The zero-order valence-corrected chi connectivity index (χ0v) is 7.75. The van der Waals surface area contributed by atoms with Gasteiger partial charge in [0.1, 0.15) is 12.3 Å². The van der Waals surface area contributed by atoms with E-state index in [1.54, 1.807) is 6.26 Å². The van der Waals surface area contributed by atoms with Crippen molar-refractivity contribution in [3.63, 3.8) is 0 Å². The molecule has 0 aliphatic carbocycles. The Bertz CT molecular complexity index is 266. The lowest BCUT2D eigenvalue weighted by Gasteiger charge is -2.20. The van der Waals surface area contributed by atoms with Gasteiger partial charge >= 0.3 is 0 Å². The summed E-state index contributed by atoms with van der Waals surface area (Å²) in [5.41, 5.74) is 1.00. The van der Waals surface area contributed by atoms with Crippen LogP contribution in [0.25, 0.3) is 0 Å². The van der Waals surface area contributed by atoms with Gasteiger partial charge in [-0.05, 0) is 6.42 Å². The molecule has 1 fully saturated rings. The minimum absolute atomic E-state index is 0.133. The molecule has 2 rings (SSSR count). The summed E-state index contributed by atoms with van der Waals surface area (Å²) in [6.07, 6.45) is 2.63. The highest BCUT2D eigenvalue weighted by molar-refractivity contribution is 5.00. The van der Waals surface area contributed by atoms with E-state index in [9.17, 15) is 0 Å². The summed E-state index contributed by atoms with van der Waals surface area (Å²) in [5, 5.41) is 3.29. The van der Waals surface area contributed by atoms with Gasteiger partial charge in [0.15, 0.2) is 0 Å². The van der Waals surface area contributed by atoms with E-state index < -0.39 is 0 Å². The Morgan fingerprint density at radius 1 is 1.69 bits per heavy atom. The van der Waals surface area contributed by atoms with E-state index in [-0.39, 0.29) is 6.04 Å². The molecule has 1 saturated heterocycles. The summed E-state index contributed by atoms with van der Waals surface area (Å²) in [6.45, 7) is 4.36. The number of nitrogens with one attached hydrogen (secondary N) is 1. The highest BCUT2D eigenvalue weighted by atomic mass is 16.5. The molecule has 1 N–H and O–H groups in total. The number of ether oxygens (including phenoxy) is 1. The van der Waals surface area contributed by atoms with Crippen molar-refractivity contribution in [2.45, 2.75) is 19.4 Å². The number of hydrogen-bond donors (Lipinski definition) is 1. The molecular formula is C9H14N2O2. The fraction of sp³-hybridized carbons (Fsp3) is 0.667. The van der Waals surface area contributed by atoms with Gasteiger partial charge in [-0.2, -0.15) is 0 Å². The predicted octanol–water partition coefficient (Wildman–Crippen LogP) is 0.898. The van der Waals surface area contributed by atoms with Crippen LogP contribution in [0.3, 0.4) is 0 Å². The van der Waals surface area contributed by atoms with E-state index in [0.29, 0.717) is 6.61 Å². The van der Waals surface area contributed by atoms with Crippen LogP contribution in [0, 0.1) is 0 Å². The summed E-state index contributed by atoms with van der Waals surface area (Å²) >= 11 is 0. The van der Waals surface area contributed by atoms with Crippen LogP contribution >= 0.6 is 0 Å². The molecule has 72 valence electrons. The summed E-state index contributed by atoms with van der Waals surface area (Å²) < 4.78 is 10.7. The quantitative estimate of drug-likeness (QED) is 0.738. The van der Waals surface area contributed by atoms with Crippen molar-refractivity contribution in [2.75, 3.05) is 19.8 Å². The average Bonchev–Trinajstić information content (AvgIpc) is 2.67. The number of rotatable bonds is 2. The number of nitrogens with zero attached hydrogens (tertiary/aromatic N) is 1. The topological polar surface area (TPSA) is 47.3 Å². The highest BCUT2D eigenvalue weighted by Gasteiger charge is 2.19. The second-order valence-corrected chi connectivity index (χ2v) is 3.11. The Hall–Kier alpha value is -0.870. The van der Waals surface area contributed by atoms with E-state index in [1.807, 2.05) is 0 Å². The maximum absolute atomic E-state index is 5.34. The second-order valence-electron chi connectivity index (χ2n) is 3.11. The molecule has 0 saturated carbocycles. The fourth-order valence-electron chi connectivity index (χ4n) is 1.37. The van der Waals surface area contributed by atoms with Crippen molar-refractivity contribution < 1.29 is 9.15 Å². The van der Waals surface area contributed by atoms with Gasteiger partial charge in [0.25, 0.3) is 0 Å². The molecule has 1 unspecified atom stereocenters. The van der Waals surface area contributed by atoms with Crippen molar-refractivity contribution >= 4 is 0 Å². The Kier molecular flexibility index (Phi) is 2.61. The molecule has 0 radical (unpaired) electrons. The molecule has 4 nitrogen and oxygen atoms in total. The molecule has 13 heavy (non-hydrogen) atoms. The maximum atomic E-state index is 5.34. The van der Waals surface area contributed by atoms with Gasteiger partial charge in [-0.15, -0.1) is 0 Å². The normalized spacial score (nSPS) is 23.3. The van der Waals surface area contributed by atoms with Crippen molar-refractivity contribution in [2.24, 2.45) is 0 Å². The maximum Gasteiger partial charge on any atom is 0.213 e. The molecule has 1 aliphatic rings. The molecule has 1 aliphatic heterocycles. The third kappa shape index (κ3) is 1.89. The van der Waals surface area contributed by atoms with Gasteiger partial charge in [0.2, 0.25) is 5.89 Å². The van der Waals surface area contributed by atoms with Gasteiger partial charge in [0.05, 0.1) is 18.9 Å². The predicted molar refractivity (Wildman–Crippen MR) is 47.4 cm³/mol. The summed E-state index contributed by atoms with van der Waals surface area (Å²) in [7, 11) is 0. The third-order valence-electron chi connectivity index (χ3n) is 2.15. The fourth-order valence-corrected chi connectivity index (χ4v) is 1.37. The third-order valence-corrected chi connectivity index (χ3v) is 2.15. The lowest BCUT2D eigenvalue weighted by Crippen LogP contribution is -2.34. The molecular weight excluding hydrogens is 168 g/mol. The SMILES string of the molecule is CCc1coc(C2COCCN2)n1. The van der Waals surface area contributed by atoms with Crippen LogP contribution in [0.2, 0.25) is 0 Å². The first-order chi connectivity index (χ1) is 6.40. The average molecular weight is 182 g/mol. The first kappa shape index (κ1) is 8.72. The molecule has 1 aromatic rings. The number of morpholine rings is 1. The van der Waals surface area contributed by atoms with Crippen LogP contribution in [0.4, 0.5) is 0 Å². The zero-order chi connectivity index (χ0) is 9.10. The Labute approximate surface area is 77.3 Å².